The first-order chi connectivity index (χ1) is 10.8. The van der Waals surface area contributed by atoms with Gasteiger partial charge in [-0.15, -0.1) is 0 Å². The molecule has 0 N–H and O–H groups in total. The monoisotopic (exact) mass is 289 g/mol. The number of fused-ring (bicyclic) bond motifs is 2. The topological polar surface area (TPSA) is 30.8 Å². The van der Waals surface area contributed by atoms with Gasteiger partial charge in [0.05, 0.1) is 12.8 Å². The molecule has 0 spiro atoms. The lowest BCUT2D eigenvalue weighted by atomic mass is 10.1. The van der Waals surface area contributed by atoms with Crippen molar-refractivity contribution >= 4 is 22.4 Å². The normalized spacial score (nSPS) is 13.2. The van der Waals surface area contributed by atoms with Crippen molar-refractivity contribution in [3.8, 4) is 5.75 Å². The third-order valence-corrected chi connectivity index (χ3v) is 3.88. The Labute approximate surface area is 128 Å². The number of ether oxygens (including phenoxy) is 2. The summed E-state index contributed by atoms with van der Waals surface area (Å²) < 4.78 is 11.1. The summed E-state index contributed by atoms with van der Waals surface area (Å²) in [5, 5.41) is 2.40. The number of methoxy groups -OCH3 is 1. The van der Waals surface area contributed by atoms with Crippen LogP contribution in [-0.2, 0) is 11.3 Å². The highest BCUT2D eigenvalue weighted by Gasteiger charge is 2.15. The SMILES string of the molecule is COc1ccc2c(c1)N=C(c1ccc3ccccc3c1)OC2. The quantitative estimate of drug-likeness (QED) is 0.697. The van der Waals surface area contributed by atoms with E-state index < -0.39 is 0 Å². The Kier molecular flexibility index (Phi) is 3.04. The van der Waals surface area contributed by atoms with Crippen LogP contribution in [-0.4, -0.2) is 13.0 Å². The van der Waals surface area contributed by atoms with Gasteiger partial charge in [-0.1, -0.05) is 30.3 Å². The first-order valence-electron chi connectivity index (χ1n) is 7.21. The fourth-order valence-electron chi connectivity index (χ4n) is 2.65. The predicted octanol–water partition coefficient (Wildman–Crippen LogP) is 4.46. The summed E-state index contributed by atoms with van der Waals surface area (Å²) in [6.07, 6.45) is 0. The van der Waals surface area contributed by atoms with E-state index in [0.29, 0.717) is 12.5 Å². The standard InChI is InChI=1S/C19H15NO2/c1-21-17-9-8-16-12-22-19(20-18(16)11-17)15-7-6-13-4-2-3-5-14(13)10-15/h2-11H,12H2,1H3. The Morgan fingerprint density at radius 1 is 0.955 bits per heavy atom. The molecule has 0 saturated heterocycles. The Bertz CT molecular complexity index is 883. The first-order valence-corrected chi connectivity index (χ1v) is 7.21. The van der Waals surface area contributed by atoms with Gasteiger partial charge in [0.25, 0.3) is 0 Å². The summed E-state index contributed by atoms with van der Waals surface area (Å²) in [7, 11) is 1.66. The van der Waals surface area contributed by atoms with E-state index in [9.17, 15) is 0 Å². The lowest BCUT2D eigenvalue weighted by Crippen LogP contribution is -2.11. The van der Waals surface area contributed by atoms with Gasteiger partial charge < -0.3 is 9.47 Å². The van der Waals surface area contributed by atoms with Crippen LogP contribution in [0.5, 0.6) is 5.75 Å². The summed E-state index contributed by atoms with van der Waals surface area (Å²) in [6.45, 7) is 0.533. The van der Waals surface area contributed by atoms with Crippen LogP contribution in [0.15, 0.2) is 65.7 Å². The molecule has 0 saturated carbocycles. The summed E-state index contributed by atoms with van der Waals surface area (Å²) in [5.74, 6) is 1.47. The molecular weight excluding hydrogens is 274 g/mol. The van der Waals surface area contributed by atoms with Gasteiger partial charge in [-0.2, -0.15) is 0 Å². The van der Waals surface area contributed by atoms with Crippen LogP contribution in [0.3, 0.4) is 0 Å². The molecule has 3 nitrogen and oxygen atoms in total. The highest BCUT2D eigenvalue weighted by atomic mass is 16.5. The number of hydrogen-bond donors (Lipinski definition) is 0. The number of hydrogen-bond acceptors (Lipinski definition) is 3. The van der Waals surface area contributed by atoms with E-state index >= 15 is 0 Å². The van der Waals surface area contributed by atoms with Crippen LogP contribution in [0.25, 0.3) is 10.8 Å². The lowest BCUT2D eigenvalue weighted by Gasteiger charge is -2.18. The molecule has 4 rings (SSSR count). The Balaban J connectivity index is 1.79. The Morgan fingerprint density at radius 3 is 2.68 bits per heavy atom. The van der Waals surface area contributed by atoms with Gasteiger partial charge in [-0.3, -0.25) is 0 Å². The number of rotatable bonds is 2. The second-order valence-corrected chi connectivity index (χ2v) is 5.26. The maximum absolute atomic E-state index is 5.82. The van der Waals surface area contributed by atoms with Crippen molar-refractivity contribution in [2.45, 2.75) is 6.61 Å². The van der Waals surface area contributed by atoms with Crippen molar-refractivity contribution < 1.29 is 9.47 Å². The highest BCUT2D eigenvalue weighted by Crippen LogP contribution is 2.30. The van der Waals surface area contributed by atoms with Crippen LogP contribution in [0, 0.1) is 0 Å². The van der Waals surface area contributed by atoms with Crippen molar-refractivity contribution in [1.29, 1.82) is 0 Å². The van der Waals surface area contributed by atoms with Gasteiger partial charge in [-0.05, 0) is 35.0 Å². The van der Waals surface area contributed by atoms with Crippen molar-refractivity contribution in [1.82, 2.24) is 0 Å². The molecule has 0 bridgehead atoms. The van der Waals surface area contributed by atoms with E-state index in [1.165, 1.54) is 10.8 Å². The zero-order valence-corrected chi connectivity index (χ0v) is 12.2. The van der Waals surface area contributed by atoms with E-state index in [2.05, 4.69) is 29.3 Å². The molecule has 108 valence electrons. The van der Waals surface area contributed by atoms with Crippen LogP contribution in [0.2, 0.25) is 0 Å². The van der Waals surface area contributed by atoms with Gasteiger partial charge in [0.15, 0.2) is 0 Å². The van der Waals surface area contributed by atoms with Gasteiger partial charge in [0.2, 0.25) is 5.90 Å². The first kappa shape index (κ1) is 12.9. The maximum Gasteiger partial charge on any atom is 0.221 e. The van der Waals surface area contributed by atoms with E-state index in [4.69, 9.17) is 9.47 Å². The zero-order chi connectivity index (χ0) is 14.9. The third-order valence-electron chi connectivity index (χ3n) is 3.88. The maximum atomic E-state index is 5.82. The minimum Gasteiger partial charge on any atom is -0.497 e. The van der Waals surface area contributed by atoms with Gasteiger partial charge in [0, 0.05) is 17.2 Å². The van der Waals surface area contributed by atoms with Crippen LogP contribution < -0.4 is 4.74 Å². The molecule has 3 heteroatoms. The number of nitrogens with zero attached hydrogens (tertiary/aromatic N) is 1. The van der Waals surface area contributed by atoms with E-state index in [-0.39, 0.29) is 0 Å². The van der Waals surface area contributed by atoms with Gasteiger partial charge in [0.1, 0.15) is 12.4 Å². The van der Waals surface area contributed by atoms with E-state index in [1.54, 1.807) is 7.11 Å². The summed E-state index contributed by atoms with van der Waals surface area (Å²) in [5.41, 5.74) is 2.98. The largest absolute Gasteiger partial charge is 0.497 e. The molecule has 1 aliphatic heterocycles. The molecule has 0 atom stereocenters. The Hall–Kier alpha value is -2.81. The fourth-order valence-corrected chi connectivity index (χ4v) is 2.65. The molecule has 3 aromatic carbocycles. The third kappa shape index (κ3) is 2.21. The smallest absolute Gasteiger partial charge is 0.221 e. The van der Waals surface area contributed by atoms with E-state index in [1.807, 2.05) is 36.4 Å². The predicted molar refractivity (Wildman–Crippen MR) is 87.9 cm³/mol. The van der Waals surface area contributed by atoms with E-state index in [0.717, 1.165) is 22.6 Å². The molecule has 0 aromatic heterocycles. The molecule has 1 aliphatic rings. The minimum absolute atomic E-state index is 0.533. The minimum atomic E-state index is 0.533. The summed E-state index contributed by atoms with van der Waals surface area (Å²) in [4.78, 5) is 4.65. The average molecular weight is 289 g/mol. The zero-order valence-electron chi connectivity index (χ0n) is 12.2. The number of aliphatic imine (C=N–C) groups is 1. The van der Waals surface area contributed by atoms with Crippen molar-refractivity contribution in [3.05, 3.63) is 71.8 Å². The molecule has 3 aromatic rings. The molecule has 0 unspecified atom stereocenters. The van der Waals surface area contributed by atoms with Crippen molar-refractivity contribution in [2.24, 2.45) is 4.99 Å². The van der Waals surface area contributed by atoms with Gasteiger partial charge in [-0.25, -0.2) is 4.99 Å². The molecular formula is C19H15NO2. The second kappa shape index (κ2) is 5.19. The highest BCUT2D eigenvalue weighted by molar-refractivity contribution is 6.00. The lowest BCUT2D eigenvalue weighted by molar-refractivity contribution is 0.288. The Morgan fingerprint density at radius 2 is 1.82 bits per heavy atom. The van der Waals surface area contributed by atoms with Gasteiger partial charge >= 0.3 is 0 Å². The van der Waals surface area contributed by atoms with Crippen LogP contribution in [0.1, 0.15) is 11.1 Å². The molecule has 0 radical (unpaired) electrons. The van der Waals surface area contributed by atoms with Crippen LogP contribution >= 0.6 is 0 Å². The van der Waals surface area contributed by atoms with Crippen molar-refractivity contribution in [3.63, 3.8) is 0 Å². The summed E-state index contributed by atoms with van der Waals surface area (Å²) >= 11 is 0. The van der Waals surface area contributed by atoms with Crippen LogP contribution in [0.4, 0.5) is 5.69 Å². The molecule has 0 fully saturated rings. The second-order valence-electron chi connectivity index (χ2n) is 5.26. The fraction of sp³-hybridized carbons (Fsp3) is 0.105. The molecule has 0 aliphatic carbocycles. The summed E-state index contributed by atoms with van der Waals surface area (Å²) in [6, 6.07) is 20.4. The molecule has 1 heterocycles. The average Bonchev–Trinajstić information content (AvgIpc) is 2.60. The number of benzene rings is 3. The molecule has 22 heavy (non-hydrogen) atoms. The van der Waals surface area contributed by atoms with Crippen molar-refractivity contribution in [2.75, 3.05) is 7.11 Å². The molecule has 0 amide bonds.